The Morgan fingerprint density at radius 3 is 1.67 bits per heavy atom. The Bertz CT molecular complexity index is 90.0. The molecule has 0 bridgehead atoms. The van der Waals surface area contributed by atoms with Gasteiger partial charge in [0.2, 0.25) is 0 Å². The van der Waals surface area contributed by atoms with Gasteiger partial charge in [-0.15, -0.1) is 0 Å². The highest BCUT2D eigenvalue weighted by atomic mass is 27.0. The van der Waals surface area contributed by atoms with Crippen molar-refractivity contribution in [2.45, 2.75) is 6.92 Å². The molecule has 6 heteroatoms. The minimum Gasteiger partial charge on any atom is -0.449 e. The highest BCUT2D eigenvalue weighted by molar-refractivity contribution is 5.78. The molecule has 0 aliphatic carbocycles. The molecule has 0 aromatic rings. The lowest BCUT2D eigenvalue weighted by Gasteiger charge is -1.85. The van der Waals surface area contributed by atoms with E-state index in [0.717, 1.165) is 6.92 Å². The summed E-state index contributed by atoms with van der Waals surface area (Å²) >= 11 is 0. The summed E-state index contributed by atoms with van der Waals surface area (Å²) in [6.07, 6.45) is -1.56. The van der Waals surface area contributed by atoms with E-state index in [9.17, 15) is 9.59 Å². The van der Waals surface area contributed by atoms with Gasteiger partial charge in [-0.2, -0.15) is 0 Å². The monoisotopic (exact) mass is 164 g/mol. The van der Waals surface area contributed by atoms with Crippen LogP contribution in [0.5, 0.6) is 0 Å². The molecular weight excluding hydrogens is 154 g/mol. The summed E-state index contributed by atoms with van der Waals surface area (Å²) in [7, 11) is 0. The van der Waals surface area contributed by atoms with Crippen molar-refractivity contribution in [1.29, 1.82) is 0 Å². The molecule has 0 aliphatic rings. The summed E-state index contributed by atoms with van der Waals surface area (Å²) in [6.45, 7) is 1.02. The Morgan fingerprint density at radius 2 is 1.67 bits per heavy atom. The molecule has 0 radical (unpaired) electrons. The smallest absolute Gasteiger partial charge is 0.449 e. The molecule has 0 aliphatic heterocycles. The van der Waals surface area contributed by atoms with Crippen LogP contribution in [0.15, 0.2) is 0 Å². The van der Waals surface area contributed by atoms with Crippen LogP contribution >= 0.6 is 0 Å². The van der Waals surface area contributed by atoms with Gasteiger partial charge in [-0.25, -0.2) is 4.79 Å². The minimum atomic E-state index is -1.56. The minimum absolute atomic E-state index is 0. The topological polar surface area (TPSA) is 63.6 Å². The molecule has 0 fully saturated rings. The maximum atomic E-state index is 9.65. The van der Waals surface area contributed by atoms with Crippen LogP contribution in [0.2, 0.25) is 0 Å². The molecule has 0 spiro atoms. The molecule has 0 aromatic heterocycles. The summed E-state index contributed by atoms with van der Waals surface area (Å²) in [5.74, 6) is -0.812. The quantitative estimate of drug-likeness (QED) is 0.252. The Labute approximate surface area is 73.4 Å². The van der Waals surface area contributed by atoms with E-state index in [0.29, 0.717) is 0 Å². The first-order valence-corrected chi connectivity index (χ1v) is 1.54. The molecule has 0 aromatic carbocycles. The highest BCUT2D eigenvalue weighted by Crippen LogP contribution is 1.73. The molecule has 9 heavy (non-hydrogen) atoms. The lowest BCUT2D eigenvalue weighted by molar-refractivity contribution is -0.136. The average Bonchev–Trinajstić information content (AvgIpc) is 1.27. The first-order chi connectivity index (χ1) is 3.13. The van der Waals surface area contributed by atoms with Crippen molar-refractivity contribution in [3.63, 3.8) is 0 Å². The number of carbonyl (C=O) groups is 2. The Morgan fingerprint density at radius 1 is 1.33 bits per heavy atom. The van der Waals surface area contributed by atoms with E-state index in [4.69, 9.17) is 5.11 Å². The van der Waals surface area contributed by atoms with Crippen molar-refractivity contribution in [2.75, 3.05) is 0 Å². The van der Waals surface area contributed by atoms with Gasteiger partial charge >= 0.3 is 12.1 Å². The number of hydrogen-bond acceptors (Lipinski definition) is 3. The lowest BCUT2D eigenvalue weighted by Crippen LogP contribution is -2.04. The molecule has 0 atom stereocenters. The van der Waals surface area contributed by atoms with Gasteiger partial charge in [-0.3, -0.25) is 4.79 Å². The first-order valence-electron chi connectivity index (χ1n) is 1.54. The van der Waals surface area contributed by atoms with Gasteiger partial charge in [0.05, 0.1) is 0 Å². The van der Waals surface area contributed by atoms with Crippen LogP contribution in [-0.4, -0.2) is 52.0 Å². The summed E-state index contributed by atoms with van der Waals surface area (Å²) in [5.41, 5.74) is 0. The van der Waals surface area contributed by atoms with Gasteiger partial charge < -0.3 is 9.84 Å². The van der Waals surface area contributed by atoms with Gasteiger partial charge in [0, 0.05) is 6.92 Å². The summed E-state index contributed by atoms with van der Waals surface area (Å²) in [4.78, 5) is 19.0. The standard InChI is InChI=1S/C3H4O4.2Al.6H/c1-2(4)7-3(5)6;;;;;;;;/h1H3,(H,5,6);;;;;;;;. The fraction of sp³-hybridized carbons (Fsp3) is 0.333. The SMILES string of the molecule is CC(=O)OC(=O)O.[AlH3].[AlH3]. The number of ether oxygens (including phenoxy) is 1. The molecule has 0 unspecified atom stereocenters. The lowest BCUT2D eigenvalue weighted by atomic mass is 10.8. The van der Waals surface area contributed by atoms with Crippen molar-refractivity contribution in [1.82, 2.24) is 0 Å². The predicted octanol–water partition coefficient (Wildman–Crippen LogP) is -2.14. The van der Waals surface area contributed by atoms with Crippen LogP contribution in [0.4, 0.5) is 4.79 Å². The van der Waals surface area contributed by atoms with E-state index in [1.54, 1.807) is 0 Å². The maximum Gasteiger partial charge on any atom is 0.513 e. The van der Waals surface area contributed by atoms with Gasteiger partial charge in [0.15, 0.2) is 34.7 Å². The van der Waals surface area contributed by atoms with Crippen molar-refractivity contribution in [3.05, 3.63) is 0 Å². The first kappa shape index (κ1) is 16.0. The number of carboxylic acid groups (broad SMARTS) is 1. The van der Waals surface area contributed by atoms with Gasteiger partial charge in [-0.05, 0) is 0 Å². The van der Waals surface area contributed by atoms with E-state index in [1.165, 1.54) is 0 Å². The second-order valence-electron chi connectivity index (χ2n) is 0.860. The van der Waals surface area contributed by atoms with Crippen LogP contribution in [0.25, 0.3) is 0 Å². The van der Waals surface area contributed by atoms with Crippen molar-refractivity contribution < 1.29 is 19.4 Å². The molecule has 0 amide bonds. The van der Waals surface area contributed by atoms with Crippen LogP contribution < -0.4 is 0 Å². The van der Waals surface area contributed by atoms with Gasteiger partial charge in [0.25, 0.3) is 0 Å². The fourth-order valence-electron chi connectivity index (χ4n) is 0.123. The number of hydrogen-bond donors (Lipinski definition) is 1. The average molecular weight is 164 g/mol. The zero-order valence-electron chi connectivity index (χ0n) is 3.67. The van der Waals surface area contributed by atoms with Crippen molar-refractivity contribution in [2.24, 2.45) is 0 Å². The number of rotatable bonds is 0. The van der Waals surface area contributed by atoms with E-state index in [2.05, 4.69) is 4.74 Å². The molecule has 4 nitrogen and oxygen atoms in total. The van der Waals surface area contributed by atoms with Crippen LogP contribution in [-0.2, 0) is 9.53 Å². The normalized spacial score (nSPS) is 5.89. The number of esters is 1. The Hall–Kier alpha value is 0.00494. The van der Waals surface area contributed by atoms with E-state index >= 15 is 0 Å². The summed E-state index contributed by atoms with van der Waals surface area (Å²) in [6, 6.07) is 0. The summed E-state index contributed by atoms with van der Waals surface area (Å²) in [5, 5.41) is 7.64. The molecule has 0 saturated carbocycles. The molecule has 0 rings (SSSR count). The summed E-state index contributed by atoms with van der Waals surface area (Å²) < 4.78 is 3.53. The van der Waals surface area contributed by atoms with Crippen molar-refractivity contribution >= 4 is 46.8 Å². The van der Waals surface area contributed by atoms with Gasteiger partial charge in [-0.1, -0.05) is 0 Å². The molecular formula is C3H10Al2O4. The number of carbonyl (C=O) groups excluding carboxylic acids is 1. The Balaban J connectivity index is -0.000000180. The third-order valence-electron chi connectivity index (χ3n) is 0.231. The molecule has 0 heterocycles. The van der Waals surface area contributed by atoms with Crippen molar-refractivity contribution in [3.8, 4) is 0 Å². The highest BCUT2D eigenvalue weighted by Gasteiger charge is 1.97. The van der Waals surface area contributed by atoms with Gasteiger partial charge in [0.1, 0.15) is 0 Å². The third-order valence-corrected chi connectivity index (χ3v) is 0.231. The van der Waals surface area contributed by atoms with E-state index in [1.807, 2.05) is 0 Å². The van der Waals surface area contributed by atoms with E-state index in [-0.39, 0.29) is 34.7 Å². The zero-order valence-corrected chi connectivity index (χ0v) is 3.67. The van der Waals surface area contributed by atoms with Crippen LogP contribution in [0, 0.1) is 0 Å². The third kappa shape index (κ3) is 18.0. The molecule has 52 valence electrons. The van der Waals surface area contributed by atoms with Crippen LogP contribution in [0.3, 0.4) is 0 Å². The fourth-order valence-corrected chi connectivity index (χ4v) is 0.123. The largest absolute Gasteiger partial charge is 0.513 e. The predicted molar refractivity (Wildman–Crippen MR) is 39.7 cm³/mol. The Kier molecular flexibility index (Phi) is 14.2. The second kappa shape index (κ2) is 8.00. The van der Waals surface area contributed by atoms with Crippen LogP contribution in [0.1, 0.15) is 6.92 Å². The van der Waals surface area contributed by atoms with E-state index < -0.39 is 12.1 Å². The zero-order chi connectivity index (χ0) is 5.86. The maximum absolute atomic E-state index is 9.65. The molecule has 0 saturated heterocycles. The molecule has 1 N–H and O–H groups in total. The second-order valence-corrected chi connectivity index (χ2v) is 0.860.